The Labute approximate surface area is 251 Å². The molecule has 3 heterocycles. The predicted octanol–water partition coefficient (Wildman–Crippen LogP) is 3.96. The fraction of sp³-hybridized carbons (Fsp3) is 0.531. The Morgan fingerprint density at radius 2 is 1.93 bits per heavy atom. The van der Waals surface area contributed by atoms with E-state index in [1.165, 1.54) is 4.90 Å². The number of ether oxygens (including phenoxy) is 2. The average Bonchev–Trinajstić information content (AvgIpc) is 3.48. The van der Waals surface area contributed by atoms with Gasteiger partial charge in [-0.15, -0.1) is 0 Å². The van der Waals surface area contributed by atoms with Crippen LogP contribution in [0.25, 0.3) is 10.8 Å². The van der Waals surface area contributed by atoms with Crippen LogP contribution in [0.2, 0.25) is 0 Å². The highest BCUT2D eigenvalue weighted by atomic mass is 16.6. The summed E-state index contributed by atoms with van der Waals surface area (Å²) in [6, 6.07) is 7.57. The number of amides is 3. The number of aromatic nitrogens is 1. The number of allylic oxidation sites excluding steroid dienone is 1. The lowest BCUT2D eigenvalue weighted by Gasteiger charge is -2.30. The van der Waals surface area contributed by atoms with Crippen LogP contribution >= 0.6 is 0 Å². The third kappa shape index (κ3) is 6.92. The fourth-order valence-electron chi connectivity index (χ4n) is 5.94. The normalized spacial score (nSPS) is 28.1. The Bertz CT molecular complexity index is 1410. The van der Waals surface area contributed by atoms with Crippen molar-refractivity contribution in [3.05, 3.63) is 48.7 Å². The highest BCUT2D eigenvalue weighted by Crippen LogP contribution is 2.45. The van der Waals surface area contributed by atoms with Gasteiger partial charge in [-0.3, -0.25) is 9.59 Å². The summed E-state index contributed by atoms with van der Waals surface area (Å²) < 4.78 is 11.7. The molecule has 2 aromatic rings. The summed E-state index contributed by atoms with van der Waals surface area (Å²) in [7, 11) is 0. The van der Waals surface area contributed by atoms with E-state index >= 15 is 0 Å². The average molecular weight is 593 g/mol. The van der Waals surface area contributed by atoms with Crippen molar-refractivity contribution in [3.8, 4) is 5.88 Å². The lowest BCUT2D eigenvalue weighted by Crippen LogP contribution is -2.56. The molecule has 2 fully saturated rings. The lowest BCUT2D eigenvalue weighted by atomic mass is 10.0. The third-order valence-corrected chi connectivity index (χ3v) is 8.23. The van der Waals surface area contributed by atoms with Gasteiger partial charge in [0.15, 0.2) is 0 Å². The molecule has 1 saturated carbocycles. The van der Waals surface area contributed by atoms with Crippen molar-refractivity contribution in [2.45, 2.75) is 95.0 Å². The summed E-state index contributed by atoms with van der Waals surface area (Å²) in [6.45, 7) is 5.29. The van der Waals surface area contributed by atoms with Crippen molar-refractivity contribution in [3.63, 3.8) is 0 Å². The van der Waals surface area contributed by atoms with Gasteiger partial charge in [0.2, 0.25) is 17.7 Å². The molecular weight excluding hydrogens is 552 g/mol. The Morgan fingerprint density at radius 1 is 1.14 bits per heavy atom. The molecule has 43 heavy (non-hydrogen) atoms. The van der Waals surface area contributed by atoms with E-state index in [0.29, 0.717) is 18.7 Å². The number of aliphatic carboxylic acids is 1. The van der Waals surface area contributed by atoms with E-state index in [-0.39, 0.29) is 25.3 Å². The van der Waals surface area contributed by atoms with Gasteiger partial charge in [0.25, 0.3) is 0 Å². The molecule has 5 atom stereocenters. The van der Waals surface area contributed by atoms with Crippen LogP contribution in [0.1, 0.15) is 65.7 Å². The van der Waals surface area contributed by atoms with Crippen LogP contribution in [0.3, 0.4) is 0 Å². The molecule has 2 aliphatic heterocycles. The van der Waals surface area contributed by atoms with Gasteiger partial charge in [0.05, 0.1) is 6.54 Å². The summed E-state index contributed by atoms with van der Waals surface area (Å²) >= 11 is 0. The number of alkyl carbamates (subject to hydrolysis) is 1. The molecule has 3 amide bonds. The number of rotatable bonds is 4. The SMILES string of the molecule is CC(C)(C)OC(=O)N[C@H]1CCCCCC=C[C@@H]2C[C@@]2(C(=O)O)NC(=O)[C@@H]2C[C@@H](Oc3nccc4ccccc34)CN2C1=O. The monoisotopic (exact) mass is 592 g/mol. The van der Waals surface area contributed by atoms with Gasteiger partial charge < -0.3 is 30.1 Å². The number of pyridine rings is 1. The zero-order valence-corrected chi connectivity index (χ0v) is 24.9. The molecule has 0 bridgehead atoms. The third-order valence-electron chi connectivity index (χ3n) is 8.23. The molecule has 1 aliphatic carbocycles. The van der Waals surface area contributed by atoms with Crippen LogP contribution in [0.15, 0.2) is 48.7 Å². The zero-order chi connectivity index (χ0) is 30.8. The minimum Gasteiger partial charge on any atom is -0.479 e. The fourth-order valence-corrected chi connectivity index (χ4v) is 5.94. The van der Waals surface area contributed by atoms with Gasteiger partial charge in [0, 0.05) is 23.9 Å². The molecule has 3 aliphatic rings. The highest BCUT2D eigenvalue weighted by molar-refractivity contribution is 5.96. The Balaban J connectivity index is 1.44. The van der Waals surface area contributed by atoms with Gasteiger partial charge in [-0.1, -0.05) is 43.2 Å². The quantitative estimate of drug-likeness (QED) is 0.452. The second-order valence-electron chi connectivity index (χ2n) is 12.7. The van der Waals surface area contributed by atoms with E-state index in [0.717, 1.165) is 30.0 Å². The van der Waals surface area contributed by atoms with Gasteiger partial charge in [0.1, 0.15) is 29.3 Å². The van der Waals surface area contributed by atoms with E-state index in [2.05, 4.69) is 15.6 Å². The van der Waals surface area contributed by atoms with Crippen molar-refractivity contribution >= 4 is 34.6 Å². The molecule has 0 radical (unpaired) electrons. The number of carboxylic acid groups (broad SMARTS) is 1. The van der Waals surface area contributed by atoms with Gasteiger partial charge in [-0.2, -0.15) is 0 Å². The minimum absolute atomic E-state index is 0.0672. The maximum absolute atomic E-state index is 14.1. The molecule has 230 valence electrons. The second-order valence-corrected chi connectivity index (χ2v) is 12.7. The van der Waals surface area contributed by atoms with E-state index in [1.54, 1.807) is 27.0 Å². The summed E-state index contributed by atoms with van der Waals surface area (Å²) in [6.07, 6.45) is 8.06. The number of fused-ring (bicyclic) bond motifs is 3. The maximum atomic E-state index is 14.1. The molecular formula is C32H40N4O7. The Kier molecular flexibility index (Phi) is 8.62. The zero-order valence-electron chi connectivity index (χ0n) is 24.9. The number of carbonyl (C=O) groups excluding carboxylic acids is 3. The van der Waals surface area contributed by atoms with Crippen molar-refractivity contribution in [2.75, 3.05) is 6.54 Å². The molecule has 1 aromatic carbocycles. The molecule has 11 heteroatoms. The highest BCUT2D eigenvalue weighted by Gasteiger charge is 2.61. The van der Waals surface area contributed by atoms with Crippen LogP contribution in [-0.4, -0.2) is 74.7 Å². The first-order valence-electron chi connectivity index (χ1n) is 15.0. The number of nitrogens with one attached hydrogen (secondary N) is 2. The summed E-state index contributed by atoms with van der Waals surface area (Å²) in [5, 5.41) is 17.3. The van der Waals surface area contributed by atoms with Crippen LogP contribution in [-0.2, 0) is 19.1 Å². The summed E-state index contributed by atoms with van der Waals surface area (Å²) in [5.41, 5.74) is -2.17. The number of carboxylic acids is 1. The van der Waals surface area contributed by atoms with Crippen molar-refractivity contribution in [1.29, 1.82) is 0 Å². The first-order chi connectivity index (χ1) is 20.5. The Morgan fingerprint density at radius 3 is 2.70 bits per heavy atom. The van der Waals surface area contributed by atoms with Gasteiger partial charge >= 0.3 is 12.1 Å². The molecule has 1 aromatic heterocycles. The largest absolute Gasteiger partial charge is 0.479 e. The summed E-state index contributed by atoms with van der Waals surface area (Å²) in [4.78, 5) is 58.8. The second kappa shape index (κ2) is 12.2. The van der Waals surface area contributed by atoms with Crippen molar-refractivity contribution in [2.24, 2.45) is 5.92 Å². The van der Waals surface area contributed by atoms with E-state index in [4.69, 9.17) is 9.47 Å². The van der Waals surface area contributed by atoms with E-state index < -0.39 is 53.2 Å². The van der Waals surface area contributed by atoms with Crippen LogP contribution < -0.4 is 15.4 Å². The van der Waals surface area contributed by atoms with Crippen molar-refractivity contribution < 1.29 is 33.8 Å². The van der Waals surface area contributed by atoms with Gasteiger partial charge in [-0.05, 0) is 64.0 Å². The molecule has 1 saturated heterocycles. The molecule has 0 spiro atoms. The maximum Gasteiger partial charge on any atom is 0.408 e. The standard InChI is InChI=1S/C32H40N4O7/c1-31(2,3)43-30(41)34-24-14-8-6-4-5-7-12-21-18-32(21,29(39)40)35-26(37)25-17-22(19-36(25)28(24)38)42-27-23-13-10-9-11-20(23)15-16-33-27/h7,9-13,15-16,21-22,24-25H,4-6,8,14,17-19H2,1-3H3,(H,34,41)(H,35,37)(H,39,40)/t21-,22-,24+,25+,32-/m1/s1. The number of hydrogen-bond acceptors (Lipinski definition) is 7. The predicted molar refractivity (Wildman–Crippen MR) is 158 cm³/mol. The number of nitrogens with zero attached hydrogens (tertiary/aromatic N) is 2. The molecule has 3 N–H and O–H groups in total. The first-order valence-corrected chi connectivity index (χ1v) is 15.0. The minimum atomic E-state index is -1.41. The molecule has 0 unspecified atom stereocenters. The topological polar surface area (TPSA) is 147 Å². The number of benzene rings is 1. The molecule has 5 rings (SSSR count). The van der Waals surface area contributed by atoms with E-state index in [9.17, 15) is 24.3 Å². The molecule has 11 nitrogen and oxygen atoms in total. The smallest absolute Gasteiger partial charge is 0.408 e. The van der Waals surface area contributed by atoms with Crippen LogP contribution in [0, 0.1) is 5.92 Å². The van der Waals surface area contributed by atoms with E-state index in [1.807, 2.05) is 42.5 Å². The van der Waals surface area contributed by atoms with Crippen molar-refractivity contribution in [1.82, 2.24) is 20.5 Å². The number of hydrogen-bond donors (Lipinski definition) is 3. The van der Waals surface area contributed by atoms with Crippen LogP contribution in [0.5, 0.6) is 5.88 Å². The first kappa shape index (κ1) is 30.3. The summed E-state index contributed by atoms with van der Waals surface area (Å²) in [5.74, 6) is -2.04. The van der Waals surface area contributed by atoms with Gasteiger partial charge in [-0.25, -0.2) is 14.6 Å². The Hall–Kier alpha value is -4.15. The van der Waals surface area contributed by atoms with Crippen LogP contribution in [0.4, 0.5) is 4.79 Å². The number of carbonyl (C=O) groups is 4. The lowest BCUT2D eigenvalue weighted by molar-refractivity contribution is -0.145.